The predicted molar refractivity (Wildman–Crippen MR) is 80.3 cm³/mol. The molecule has 0 aromatic heterocycles. The second-order valence-electron chi connectivity index (χ2n) is 8.43. The summed E-state index contributed by atoms with van der Waals surface area (Å²) in [6.07, 6.45) is 1.80. The van der Waals surface area contributed by atoms with Crippen LogP contribution < -0.4 is 0 Å². The lowest BCUT2D eigenvalue weighted by Gasteiger charge is -2.57. The van der Waals surface area contributed by atoms with Gasteiger partial charge in [-0.2, -0.15) is 0 Å². The smallest absolute Gasteiger partial charge is 0.186 e. The molecule has 4 aliphatic carbocycles. The second-order valence-corrected chi connectivity index (χ2v) is 8.43. The van der Waals surface area contributed by atoms with Gasteiger partial charge in [-0.05, 0) is 61.7 Å². The van der Waals surface area contributed by atoms with E-state index in [0.29, 0.717) is 6.61 Å². The first kappa shape index (κ1) is 16.2. The monoisotopic (exact) mass is 328 g/mol. The summed E-state index contributed by atoms with van der Waals surface area (Å²) in [6, 6.07) is 0. The lowest BCUT2D eigenvalue weighted by atomic mass is 9.50. The summed E-state index contributed by atoms with van der Waals surface area (Å²) in [5, 5.41) is 39.0. The normalized spacial score (nSPS) is 55.3. The molecular weight excluding hydrogens is 300 g/mol. The van der Waals surface area contributed by atoms with Gasteiger partial charge in [0.05, 0.1) is 13.2 Å². The first-order valence-electron chi connectivity index (χ1n) is 8.92. The number of ether oxygens (including phenoxy) is 2. The van der Waals surface area contributed by atoms with Gasteiger partial charge in [0.2, 0.25) is 0 Å². The molecule has 4 bridgehead atoms. The van der Waals surface area contributed by atoms with Gasteiger partial charge in [0.25, 0.3) is 0 Å². The van der Waals surface area contributed by atoms with Crippen molar-refractivity contribution in [3.63, 3.8) is 0 Å². The van der Waals surface area contributed by atoms with Crippen LogP contribution in [0.3, 0.4) is 0 Å². The highest BCUT2D eigenvalue weighted by atomic mass is 16.7. The summed E-state index contributed by atoms with van der Waals surface area (Å²) in [6.45, 7) is 0.112. The van der Waals surface area contributed by atoms with Gasteiger partial charge in [0.15, 0.2) is 6.29 Å². The largest absolute Gasteiger partial charge is 0.394 e. The molecule has 0 unspecified atom stereocenters. The fourth-order valence-electron chi connectivity index (χ4n) is 5.93. The third kappa shape index (κ3) is 2.83. The van der Waals surface area contributed by atoms with Crippen LogP contribution in [0.4, 0.5) is 0 Å². The van der Waals surface area contributed by atoms with Crippen molar-refractivity contribution < 1.29 is 29.9 Å². The molecule has 1 saturated heterocycles. The van der Waals surface area contributed by atoms with E-state index >= 15 is 0 Å². The average Bonchev–Trinajstić information content (AvgIpc) is 2.51. The summed E-state index contributed by atoms with van der Waals surface area (Å²) in [5.41, 5.74) is 0.188. The van der Waals surface area contributed by atoms with E-state index in [4.69, 9.17) is 9.47 Å². The molecule has 0 aromatic carbocycles. The first-order valence-corrected chi connectivity index (χ1v) is 8.92. The summed E-state index contributed by atoms with van der Waals surface area (Å²) >= 11 is 0. The van der Waals surface area contributed by atoms with Gasteiger partial charge in [-0.1, -0.05) is 0 Å². The molecule has 5 fully saturated rings. The zero-order chi connectivity index (χ0) is 16.2. The molecule has 6 nitrogen and oxygen atoms in total. The molecular formula is C17H28O6. The Bertz CT molecular complexity index is 404. The number of hydrogen-bond acceptors (Lipinski definition) is 6. The molecule has 1 heterocycles. The van der Waals surface area contributed by atoms with Crippen molar-refractivity contribution in [2.75, 3.05) is 13.2 Å². The van der Waals surface area contributed by atoms with E-state index in [1.807, 2.05) is 0 Å². The molecule has 132 valence electrons. The predicted octanol–water partition coefficient (Wildman–Crippen LogP) is 0.0193. The molecule has 0 aromatic rings. The lowest BCUT2D eigenvalue weighted by molar-refractivity contribution is -0.309. The zero-order valence-electron chi connectivity index (χ0n) is 13.4. The fraction of sp³-hybridized carbons (Fsp3) is 1.00. The van der Waals surface area contributed by atoms with E-state index in [0.717, 1.165) is 17.8 Å². The topological polar surface area (TPSA) is 99.4 Å². The first-order chi connectivity index (χ1) is 11.0. The summed E-state index contributed by atoms with van der Waals surface area (Å²) in [5.74, 6) is 2.46. The quantitative estimate of drug-likeness (QED) is 0.581. The van der Waals surface area contributed by atoms with Crippen LogP contribution in [0.25, 0.3) is 0 Å². The molecule has 0 radical (unpaired) electrons. The van der Waals surface area contributed by atoms with Crippen molar-refractivity contribution in [1.82, 2.24) is 0 Å². The Hall–Kier alpha value is -0.240. The van der Waals surface area contributed by atoms with Crippen molar-refractivity contribution in [2.24, 2.45) is 23.2 Å². The number of aliphatic hydroxyl groups excluding tert-OH is 4. The highest BCUT2D eigenvalue weighted by Gasteiger charge is 2.52. The fourth-order valence-corrected chi connectivity index (χ4v) is 5.93. The van der Waals surface area contributed by atoms with E-state index < -0.39 is 37.3 Å². The van der Waals surface area contributed by atoms with Crippen LogP contribution in [-0.2, 0) is 9.47 Å². The Morgan fingerprint density at radius 2 is 1.43 bits per heavy atom. The molecule has 23 heavy (non-hydrogen) atoms. The minimum absolute atomic E-state index is 0.188. The summed E-state index contributed by atoms with van der Waals surface area (Å²) in [4.78, 5) is 0. The molecule has 4 N–H and O–H groups in total. The highest BCUT2D eigenvalue weighted by Crippen LogP contribution is 2.60. The van der Waals surface area contributed by atoms with Crippen molar-refractivity contribution in [2.45, 2.75) is 69.2 Å². The van der Waals surface area contributed by atoms with Crippen LogP contribution in [0.15, 0.2) is 0 Å². The van der Waals surface area contributed by atoms with E-state index in [2.05, 4.69) is 0 Å². The third-order valence-corrected chi connectivity index (χ3v) is 6.57. The van der Waals surface area contributed by atoms with Gasteiger partial charge >= 0.3 is 0 Å². The zero-order valence-corrected chi connectivity index (χ0v) is 13.4. The van der Waals surface area contributed by atoms with Crippen molar-refractivity contribution >= 4 is 0 Å². The van der Waals surface area contributed by atoms with Gasteiger partial charge in [-0.3, -0.25) is 0 Å². The van der Waals surface area contributed by atoms with Crippen molar-refractivity contribution in [3.8, 4) is 0 Å². The van der Waals surface area contributed by atoms with Crippen molar-refractivity contribution in [3.05, 3.63) is 0 Å². The standard InChI is InChI=1S/C17H28O6/c18-7-12-13(19)14(20)15(21)16(23-12)22-8-17-4-9-1-10(5-17)3-11(2-9)6-17/h9-16,18-21H,1-8H2/t9?,10?,11?,12-,13+,14+,15-,16+,17?/m1/s1. The minimum Gasteiger partial charge on any atom is -0.394 e. The SMILES string of the molecule is OC[C@H]1O[C@H](OCC23CC4CC(CC(C4)C2)C3)[C@H](O)[C@@H](O)[C@H]1O. The Morgan fingerprint density at radius 1 is 0.870 bits per heavy atom. The third-order valence-electron chi connectivity index (χ3n) is 6.57. The van der Waals surface area contributed by atoms with E-state index in [1.54, 1.807) is 0 Å². The van der Waals surface area contributed by atoms with E-state index in [-0.39, 0.29) is 5.41 Å². The number of hydrogen-bond donors (Lipinski definition) is 4. The van der Waals surface area contributed by atoms with E-state index in [9.17, 15) is 20.4 Å². The molecule has 5 atom stereocenters. The van der Waals surface area contributed by atoms with Crippen LogP contribution in [0.2, 0.25) is 0 Å². The molecule has 6 heteroatoms. The van der Waals surface area contributed by atoms with Gasteiger partial charge in [0, 0.05) is 0 Å². The number of aliphatic hydroxyl groups is 4. The Kier molecular flexibility index (Phi) is 4.19. The summed E-state index contributed by atoms with van der Waals surface area (Å²) < 4.78 is 11.3. The van der Waals surface area contributed by atoms with Crippen molar-refractivity contribution in [1.29, 1.82) is 0 Å². The Morgan fingerprint density at radius 3 is 1.96 bits per heavy atom. The van der Waals surface area contributed by atoms with Gasteiger partial charge in [-0.15, -0.1) is 0 Å². The summed E-state index contributed by atoms with van der Waals surface area (Å²) in [7, 11) is 0. The maximum absolute atomic E-state index is 10.1. The Labute approximate surface area is 136 Å². The molecule has 5 rings (SSSR count). The van der Waals surface area contributed by atoms with Gasteiger partial charge in [0.1, 0.15) is 24.4 Å². The number of rotatable bonds is 4. The minimum atomic E-state index is -1.36. The Balaban J connectivity index is 1.40. The van der Waals surface area contributed by atoms with Crippen LogP contribution in [-0.4, -0.2) is 64.3 Å². The molecule has 4 saturated carbocycles. The molecule has 5 aliphatic rings. The maximum atomic E-state index is 10.1. The lowest BCUT2D eigenvalue weighted by Crippen LogP contribution is -2.60. The average molecular weight is 328 g/mol. The van der Waals surface area contributed by atoms with Gasteiger partial charge < -0.3 is 29.9 Å². The van der Waals surface area contributed by atoms with Crippen LogP contribution >= 0.6 is 0 Å². The second kappa shape index (κ2) is 5.93. The van der Waals surface area contributed by atoms with Gasteiger partial charge in [-0.25, -0.2) is 0 Å². The van der Waals surface area contributed by atoms with Crippen LogP contribution in [0, 0.1) is 23.2 Å². The molecule has 0 spiro atoms. The molecule has 1 aliphatic heterocycles. The maximum Gasteiger partial charge on any atom is 0.186 e. The van der Waals surface area contributed by atoms with Crippen LogP contribution in [0.5, 0.6) is 0 Å². The molecule has 0 amide bonds. The van der Waals surface area contributed by atoms with Crippen LogP contribution in [0.1, 0.15) is 38.5 Å². The van der Waals surface area contributed by atoms with E-state index in [1.165, 1.54) is 38.5 Å². The highest BCUT2D eigenvalue weighted by molar-refractivity contribution is 5.01.